The summed E-state index contributed by atoms with van der Waals surface area (Å²) in [5.41, 5.74) is 8.63. The summed E-state index contributed by atoms with van der Waals surface area (Å²) in [4.78, 5) is 13.6. The van der Waals surface area contributed by atoms with Crippen LogP contribution in [0.2, 0.25) is 0 Å². The molecule has 5 heteroatoms. The number of amides is 1. The normalized spacial score (nSPS) is 25.3. The minimum absolute atomic E-state index is 0.257. The van der Waals surface area contributed by atoms with Crippen molar-refractivity contribution in [3.05, 3.63) is 34.9 Å². The average molecular weight is 369 g/mol. The Morgan fingerprint density at radius 1 is 1.17 bits per heavy atom. The maximum Gasteiger partial charge on any atom is 0.221 e. The summed E-state index contributed by atoms with van der Waals surface area (Å²) in [7, 11) is 0. The van der Waals surface area contributed by atoms with Gasteiger partial charge in [-0.05, 0) is 55.5 Å². The molecule has 2 atom stereocenters. The molecule has 0 aromatic heterocycles. The van der Waals surface area contributed by atoms with Crippen LogP contribution < -0.4 is 5.73 Å². The molecule has 1 saturated heterocycles. The molecular weight excluding hydrogens is 343 g/mol. The van der Waals surface area contributed by atoms with Crippen LogP contribution in [0, 0.1) is 0 Å². The molecule has 3 nitrogen and oxygen atoms in total. The van der Waals surface area contributed by atoms with Gasteiger partial charge in [-0.3, -0.25) is 9.69 Å². The molecule has 1 aliphatic heterocycles. The van der Waals surface area contributed by atoms with E-state index in [0.29, 0.717) is 12.0 Å². The summed E-state index contributed by atoms with van der Waals surface area (Å²) in [6.07, 6.45) is 7.66. The molecule has 2 fully saturated rings. The smallest absolute Gasteiger partial charge is 0.221 e. The van der Waals surface area contributed by atoms with Crippen LogP contribution in [0.25, 0.3) is 0 Å². The molecule has 132 valence electrons. The molecule has 1 aliphatic carbocycles. The molecule has 1 aromatic carbocycles. The molecule has 1 aromatic rings. The summed E-state index contributed by atoms with van der Waals surface area (Å²) in [6.45, 7) is 2.36. The molecule has 2 unspecified atom stereocenters. The van der Waals surface area contributed by atoms with Gasteiger partial charge in [-0.1, -0.05) is 31.0 Å². The minimum Gasteiger partial charge on any atom is -0.369 e. The van der Waals surface area contributed by atoms with Crippen LogP contribution in [0.1, 0.15) is 66.0 Å². The van der Waals surface area contributed by atoms with E-state index >= 15 is 0 Å². The van der Waals surface area contributed by atoms with E-state index in [1.807, 2.05) is 18.2 Å². The lowest BCUT2D eigenvalue weighted by molar-refractivity contribution is -0.117. The van der Waals surface area contributed by atoms with Gasteiger partial charge in [0.2, 0.25) is 5.91 Å². The predicted octanol–water partition coefficient (Wildman–Crippen LogP) is 4.31. The van der Waals surface area contributed by atoms with Crippen molar-refractivity contribution >= 4 is 29.1 Å². The zero-order chi connectivity index (χ0) is 17.1. The number of hydrogen-bond acceptors (Lipinski definition) is 2. The zero-order valence-electron chi connectivity index (χ0n) is 14.0. The van der Waals surface area contributed by atoms with Crippen molar-refractivity contribution in [3.63, 3.8) is 0 Å². The second-order valence-electron chi connectivity index (χ2n) is 7.07. The van der Waals surface area contributed by atoms with Gasteiger partial charge in [-0.2, -0.15) is 0 Å². The lowest BCUT2D eigenvalue weighted by Crippen LogP contribution is -2.40. The zero-order valence-corrected chi connectivity index (χ0v) is 15.5. The van der Waals surface area contributed by atoms with Crippen LogP contribution in [-0.2, 0) is 11.2 Å². The number of rotatable bonds is 5. The Kier molecular flexibility index (Phi) is 6.07. The maximum absolute atomic E-state index is 11.6. The summed E-state index contributed by atoms with van der Waals surface area (Å²) in [6, 6.07) is 6.47. The number of nitrogens with two attached hydrogens (primary N) is 1. The topological polar surface area (TPSA) is 46.3 Å². The van der Waals surface area contributed by atoms with Gasteiger partial charge in [0.05, 0.1) is 6.42 Å². The molecule has 0 bridgehead atoms. The van der Waals surface area contributed by atoms with Crippen LogP contribution in [-0.4, -0.2) is 29.9 Å². The van der Waals surface area contributed by atoms with E-state index < -0.39 is 4.84 Å². The van der Waals surface area contributed by atoms with E-state index in [0.717, 1.165) is 17.5 Å². The van der Waals surface area contributed by atoms with E-state index in [1.165, 1.54) is 50.8 Å². The number of nitrogens with zero attached hydrogens (tertiary/aromatic N) is 1. The molecule has 0 spiro atoms. The number of halogens is 2. The highest BCUT2D eigenvalue weighted by molar-refractivity contribution is 6.44. The van der Waals surface area contributed by atoms with E-state index in [4.69, 9.17) is 28.9 Å². The summed E-state index contributed by atoms with van der Waals surface area (Å²) < 4.78 is 0. The Morgan fingerprint density at radius 2 is 1.88 bits per heavy atom. The third-order valence-electron chi connectivity index (χ3n) is 5.54. The molecule has 0 radical (unpaired) electrons. The van der Waals surface area contributed by atoms with Crippen molar-refractivity contribution < 1.29 is 4.79 Å². The number of hydrogen-bond donors (Lipinski definition) is 1. The highest BCUT2D eigenvalue weighted by Gasteiger charge is 2.35. The molecule has 1 heterocycles. The second-order valence-corrected chi connectivity index (χ2v) is 8.16. The average Bonchev–Trinajstić information content (AvgIpc) is 3.08. The van der Waals surface area contributed by atoms with Crippen LogP contribution in [0.3, 0.4) is 0 Å². The fraction of sp³-hybridized carbons (Fsp3) is 0.632. The SMILES string of the molecule is NC(=O)Cc1cccc(C(Cl)Cl)c1C1CCCCC1N1CCCC1. The molecule has 2 N–H and O–H groups in total. The Hall–Kier alpha value is -0.770. The monoisotopic (exact) mass is 368 g/mol. The minimum atomic E-state index is -0.575. The molecule has 24 heavy (non-hydrogen) atoms. The van der Waals surface area contributed by atoms with Crippen molar-refractivity contribution in [2.45, 2.75) is 61.7 Å². The third-order valence-corrected chi connectivity index (χ3v) is 6.01. The molecule has 3 rings (SSSR count). The highest BCUT2D eigenvalue weighted by atomic mass is 35.5. The van der Waals surface area contributed by atoms with Crippen molar-refractivity contribution in [3.8, 4) is 0 Å². The Balaban J connectivity index is 2.01. The van der Waals surface area contributed by atoms with Gasteiger partial charge in [0.15, 0.2) is 0 Å². The van der Waals surface area contributed by atoms with E-state index in [2.05, 4.69) is 4.90 Å². The Morgan fingerprint density at radius 3 is 2.54 bits per heavy atom. The van der Waals surface area contributed by atoms with Gasteiger partial charge in [0.25, 0.3) is 0 Å². The molecule has 1 amide bonds. The lowest BCUT2D eigenvalue weighted by atomic mass is 9.75. The van der Waals surface area contributed by atoms with Crippen molar-refractivity contribution in [2.24, 2.45) is 5.73 Å². The van der Waals surface area contributed by atoms with Crippen molar-refractivity contribution in [1.82, 2.24) is 4.90 Å². The van der Waals surface area contributed by atoms with Crippen molar-refractivity contribution in [2.75, 3.05) is 13.1 Å². The first-order valence-corrected chi connectivity index (χ1v) is 9.87. The second kappa shape index (κ2) is 8.07. The van der Waals surface area contributed by atoms with E-state index in [-0.39, 0.29) is 12.3 Å². The molecular formula is C19H26Cl2N2O. The quantitative estimate of drug-likeness (QED) is 0.786. The van der Waals surface area contributed by atoms with Gasteiger partial charge in [-0.25, -0.2) is 0 Å². The van der Waals surface area contributed by atoms with Gasteiger partial charge >= 0.3 is 0 Å². The number of primary amides is 1. The Labute approximate surface area is 154 Å². The first-order valence-electron chi connectivity index (χ1n) is 9.00. The first kappa shape index (κ1) is 18.0. The summed E-state index contributed by atoms with van der Waals surface area (Å²) in [5, 5.41) is 0. The van der Waals surface area contributed by atoms with Crippen LogP contribution in [0.15, 0.2) is 18.2 Å². The molecule has 2 aliphatic rings. The third kappa shape index (κ3) is 3.89. The van der Waals surface area contributed by atoms with E-state index in [1.54, 1.807) is 0 Å². The summed E-state index contributed by atoms with van der Waals surface area (Å²) >= 11 is 12.6. The number of alkyl halides is 2. The number of carbonyl (C=O) groups excluding carboxylic acids is 1. The van der Waals surface area contributed by atoms with Crippen LogP contribution in [0.4, 0.5) is 0 Å². The maximum atomic E-state index is 11.6. The highest BCUT2D eigenvalue weighted by Crippen LogP contribution is 2.43. The van der Waals surface area contributed by atoms with Crippen molar-refractivity contribution in [1.29, 1.82) is 0 Å². The number of benzene rings is 1. The van der Waals surface area contributed by atoms with Gasteiger partial charge < -0.3 is 5.73 Å². The standard InChI is InChI=1S/C19H26Cl2N2O/c20-19(21)15-8-5-6-13(12-17(22)24)18(15)14-7-1-2-9-16(14)23-10-3-4-11-23/h5-6,8,14,16,19H,1-4,7,9-12H2,(H2,22,24). The lowest BCUT2D eigenvalue weighted by Gasteiger charge is -2.40. The van der Waals surface area contributed by atoms with Gasteiger partial charge in [0.1, 0.15) is 4.84 Å². The summed E-state index contributed by atoms with van der Waals surface area (Å²) in [5.74, 6) is 0.0880. The largest absolute Gasteiger partial charge is 0.369 e. The van der Waals surface area contributed by atoms with E-state index in [9.17, 15) is 4.79 Å². The Bertz CT molecular complexity index is 585. The van der Waals surface area contributed by atoms with Crippen LogP contribution >= 0.6 is 23.2 Å². The number of carbonyl (C=O) groups is 1. The van der Waals surface area contributed by atoms with Gasteiger partial charge in [0, 0.05) is 12.0 Å². The number of likely N-dealkylation sites (tertiary alicyclic amines) is 1. The first-order chi connectivity index (χ1) is 11.6. The molecule has 1 saturated carbocycles. The fourth-order valence-corrected chi connectivity index (χ4v) is 4.96. The fourth-order valence-electron chi connectivity index (χ4n) is 4.58. The van der Waals surface area contributed by atoms with Gasteiger partial charge in [-0.15, -0.1) is 23.2 Å². The van der Waals surface area contributed by atoms with Crippen LogP contribution in [0.5, 0.6) is 0 Å². The predicted molar refractivity (Wildman–Crippen MR) is 99.6 cm³/mol.